The maximum Gasteiger partial charge on any atom is 0.288 e. The number of likely N-dealkylation sites (N-methyl/N-ethyl adjacent to an activating group) is 1. The van der Waals surface area contributed by atoms with E-state index >= 15 is 0 Å². The molecule has 7 nitrogen and oxygen atoms in total. The summed E-state index contributed by atoms with van der Waals surface area (Å²) in [6.45, 7) is 0.629. The van der Waals surface area contributed by atoms with Gasteiger partial charge in [-0.15, -0.1) is 0 Å². The average molecular weight is 448 g/mol. The Bertz CT molecular complexity index is 847. The van der Waals surface area contributed by atoms with Crippen molar-refractivity contribution in [3.8, 4) is 0 Å². The van der Waals surface area contributed by atoms with Crippen molar-refractivity contribution in [2.75, 3.05) is 27.8 Å². The monoisotopic (exact) mass is 447 g/mol. The van der Waals surface area contributed by atoms with Crippen LogP contribution in [0, 0.1) is 0 Å². The molecular formula is C23H29NO6S. The van der Waals surface area contributed by atoms with Gasteiger partial charge in [0.2, 0.25) is 6.29 Å². The van der Waals surface area contributed by atoms with E-state index in [0.29, 0.717) is 13.0 Å². The van der Waals surface area contributed by atoms with E-state index in [9.17, 15) is 9.90 Å². The van der Waals surface area contributed by atoms with E-state index in [1.54, 1.807) is 18.4 Å². The van der Waals surface area contributed by atoms with Crippen LogP contribution in [0.2, 0.25) is 0 Å². The van der Waals surface area contributed by atoms with E-state index in [1.165, 1.54) is 19.1 Å². The van der Waals surface area contributed by atoms with Crippen molar-refractivity contribution in [2.24, 2.45) is 0 Å². The fourth-order valence-electron chi connectivity index (χ4n) is 3.30. The predicted molar refractivity (Wildman–Crippen MR) is 117 cm³/mol. The van der Waals surface area contributed by atoms with Gasteiger partial charge < -0.3 is 29.0 Å². The molecule has 0 saturated heterocycles. The Labute approximate surface area is 186 Å². The Morgan fingerprint density at radius 3 is 2.55 bits per heavy atom. The number of amides is 1. The molecule has 168 valence electrons. The summed E-state index contributed by atoms with van der Waals surface area (Å²) in [7, 11) is 4.75. The molecule has 2 heterocycles. The van der Waals surface area contributed by atoms with Gasteiger partial charge in [0.15, 0.2) is 12.0 Å². The molecule has 0 unspecified atom stereocenters. The van der Waals surface area contributed by atoms with E-state index < -0.39 is 12.6 Å². The first-order chi connectivity index (χ1) is 15.0. The second kappa shape index (κ2) is 11.4. The second-order valence-corrected chi connectivity index (χ2v) is 8.13. The highest BCUT2D eigenvalue weighted by Gasteiger charge is 2.31. The van der Waals surface area contributed by atoms with Crippen LogP contribution in [0.1, 0.15) is 29.0 Å². The molecule has 2 atom stereocenters. The van der Waals surface area contributed by atoms with Crippen LogP contribution in [-0.4, -0.2) is 56.3 Å². The van der Waals surface area contributed by atoms with E-state index in [2.05, 4.69) is 11.4 Å². The molecule has 0 bridgehead atoms. The first kappa shape index (κ1) is 23.4. The molecule has 31 heavy (non-hydrogen) atoms. The third-order valence-corrected chi connectivity index (χ3v) is 5.88. The number of aliphatic hydroxyl groups is 1. The largest absolute Gasteiger partial charge is 0.459 e. The zero-order valence-corrected chi connectivity index (χ0v) is 18.8. The SMILES string of the molecule is COC(CN(C)C(=O)C1=C[C@H](c2ccsc2)C[C@H](OCc2ccc(CO)cc2)O1)OC. The smallest absolute Gasteiger partial charge is 0.288 e. The molecule has 1 aromatic carbocycles. The lowest BCUT2D eigenvalue weighted by atomic mass is 9.95. The molecule has 0 saturated carbocycles. The summed E-state index contributed by atoms with van der Waals surface area (Å²) in [6, 6.07) is 9.60. The summed E-state index contributed by atoms with van der Waals surface area (Å²) in [4.78, 5) is 14.5. The lowest BCUT2D eigenvalue weighted by molar-refractivity contribution is -0.160. The van der Waals surface area contributed by atoms with E-state index in [-0.39, 0.29) is 30.7 Å². The fraction of sp³-hybridized carbons (Fsp3) is 0.435. The van der Waals surface area contributed by atoms with Gasteiger partial charge >= 0.3 is 0 Å². The minimum absolute atomic E-state index is 0.00593. The molecule has 3 rings (SSSR count). The maximum absolute atomic E-state index is 13.0. The summed E-state index contributed by atoms with van der Waals surface area (Å²) < 4.78 is 22.3. The van der Waals surface area contributed by atoms with Crippen LogP contribution in [0.4, 0.5) is 0 Å². The van der Waals surface area contributed by atoms with Crippen molar-refractivity contribution in [3.63, 3.8) is 0 Å². The number of carbonyl (C=O) groups excluding carboxylic acids is 1. The normalized spacial score (nSPS) is 18.5. The molecule has 0 fully saturated rings. The summed E-state index contributed by atoms with van der Waals surface area (Å²) in [5, 5.41) is 13.3. The Balaban J connectivity index is 1.70. The number of carbonyl (C=O) groups is 1. The number of benzene rings is 1. The minimum Gasteiger partial charge on any atom is -0.459 e. The zero-order valence-electron chi connectivity index (χ0n) is 18.0. The van der Waals surface area contributed by atoms with Gasteiger partial charge in [0.05, 0.1) is 19.8 Å². The van der Waals surface area contributed by atoms with Gasteiger partial charge in [-0.2, -0.15) is 11.3 Å². The number of thiophene rings is 1. The second-order valence-electron chi connectivity index (χ2n) is 7.35. The van der Waals surface area contributed by atoms with Crippen molar-refractivity contribution >= 4 is 17.2 Å². The lowest BCUT2D eigenvalue weighted by Crippen LogP contribution is -2.39. The minimum atomic E-state index is -0.555. The molecule has 0 spiro atoms. The van der Waals surface area contributed by atoms with E-state index in [0.717, 1.165) is 16.7 Å². The van der Waals surface area contributed by atoms with Crippen molar-refractivity contribution in [3.05, 3.63) is 69.6 Å². The van der Waals surface area contributed by atoms with Gasteiger partial charge in [0.25, 0.3) is 5.91 Å². The molecule has 2 aromatic rings. The summed E-state index contributed by atoms with van der Waals surface area (Å²) in [5.74, 6) is 0.0335. The van der Waals surface area contributed by atoms with Crippen LogP contribution < -0.4 is 0 Å². The number of methoxy groups -OCH3 is 2. The molecule has 0 aliphatic carbocycles. The average Bonchev–Trinajstić information content (AvgIpc) is 3.36. The highest BCUT2D eigenvalue weighted by molar-refractivity contribution is 7.08. The van der Waals surface area contributed by atoms with Gasteiger partial charge in [-0.05, 0) is 39.6 Å². The van der Waals surface area contributed by atoms with Crippen LogP contribution in [0.25, 0.3) is 0 Å². The van der Waals surface area contributed by atoms with Crippen LogP contribution >= 0.6 is 11.3 Å². The van der Waals surface area contributed by atoms with Crippen molar-refractivity contribution < 1.29 is 28.8 Å². The Morgan fingerprint density at radius 2 is 1.94 bits per heavy atom. The number of hydrogen-bond acceptors (Lipinski definition) is 7. The third kappa shape index (κ3) is 6.38. The van der Waals surface area contributed by atoms with Crippen LogP contribution in [0.15, 0.2) is 52.9 Å². The summed E-state index contributed by atoms with van der Waals surface area (Å²) >= 11 is 1.62. The maximum atomic E-state index is 13.0. The predicted octanol–water partition coefficient (Wildman–Crippen LogP) is 3.25. The molecule has 1 aromatic heterocycles. The number of aliphatic hydroxyl groups excluding tert-OH is 1. The molecule has 1 N–H and O–H groups in total. The summed E-state index contributed by atoms with van der Waals surface area (Å²) in [5.41, 5.74) is 2.95. The molecule has 1 aliphatic rings. The molecular weight excluding hydrogens is 418 g/mol. The van der Waals surface area contributed by atoms with Crippen LogP contribution in [0.3, 0.4) is 0 Å². The molecule has 0 radical (unpaired) electrons. The fourth-order valence-corrected chi connectivity index (χ4v) is 4.02. The molecule has 8 heteroatoms. The van der Waals surface area contributed by atoms with Crippen LogP contribution in [0.5, 0.6) is 0 Å². The Morgan fingerprint density at radius 1 is 1.23 bits per heavy atom. The van der Waals surface area contributed by atoms with Gasteiger partial charge in [0.1, 0.15) is 0 Å². The first-order valence-corrected chi connectivity index (χ1v) is 11.0. The molecule has 1 amide bonds. The van der Waals surface area contributed by atoms with Crippen LogP contribution in [-0.2, 0) is 37.0 Å². The number of nitrogens with zero attached hydrogens (tertiary/aromatic N) is 1. The van der Waals surface area contributed by atoms with Gasteiger partial charge in [-0.25, -0.2) is 0 Å². The first-order valence-electron chi connectivity index (χ1n) is 10.1. The zero-order chi connectivity index (χ0) is 22.2. The van der Waals surface area contributed by atoms with Crippen molar-refractivity contribution in [2.45, 2.75) is 38.1 Å². The standard InChI is InChI=1S/C23H29NO6S/c1-24(12-22(27-2)28-3)23(26)20-10-19(18-8-9-31-15-18)11-21(30-20)29-14-17-6-4-16(13-25)5-7-17/h4-10,15,19,21-22,25H,11-14H2,1-3H3/t19-,21+/m0/s1. The Kier molecular flexibility index (Phi) is 8.62. The van der Waals surface area contributed by atoms with Gasteiger partial charge in [-0.3, -0.25) is 4.79 Å². The highest BCUT2D eigenvalue weighted by Crippen LogP contribution is 2.33. The number of rotatable bonds is 10. The number of ether oxygens (including phenoxy) is 4. The Hall–Kier alpha value is -2.23. The van der Waals surface area contributed by atoms with Crippen molar-refractivity contribution in [1.29, 1.82) is 0 Å². The topological polar surface area (TPSA) is 77.5 Å². The molecule has 1 aliphatic heterocycles. The highest BCUT2D eigenvalue weighted by atomic mass is 32.1. The quantitative estimate of drug-likeness (QED) is 0.564. The van der Waals surface area contributed by atoms with Gasteiger partial charge in [-0.1, -0.05) is 24.3 Å². The van der Waals surface area contributed by atoms with E-state index in [1.807, 2.05) is 35.7 Å². The third-order valence-electron chi connectivity index (χ3n) is 5.18. The summed E-state index contributed by atoms with van der Waals surface area (Å²) in [6.07, 6.45) is 1.41. The van der Waals surface area contributed by atoms with Crippen molar-refractivity contribution in [1.82, 2.24) is 4.90 Å². The lowest BCUT2D eigenvalue weighted by Gasteiger charge is -2.31. The van der Waals surface area contributed by atoms with Gasteiger partial charge in [0, 0.05) is 33.6 Å². The van der Waals surface area contributed by atoms with E-state index in [4.69, 9.17) is 18.9 Å². The number of allylic oxidation sites excluding steroid dienone is 1. The number of hydrogen-bond donors (Lipinski definition) is 1.